The van der Waals surface area contributed by atoms with Crippen molar-refractivity contribution in [2.45, 2.75) is 18.6 Å². The Hall–Kier alpha value is -3.10. The smallest absolute Gasteiger partial charge is 0.308 e. The first kappa shape index (κ1) is 19.2. The molecule has 1 unspecified atom stereocenters. The van der Waals surface area contributed by atoms with E-state index in [-0.39, 0.29) is 12.3 Å². The van der Waals surface area contributed by atoms with Crippen molar-refractivity contribution in [1.29, 1.82) is 0 Å². The maximum Gasteiger partial charge on any atom is 0.308 e. The van der Waals surface area contributed by atoms with Crippen molar-refractivity contribution in [2.24, 2.45) is 0 Å². The number of methoxy groups -OCH3 is 2. The molecule has 0 aromatic heterocycles. The monoisotopic (exact) mass is 351 g/mol. The van der Waals surface area contributed by atoms with Gasteiger partial charge in [0.25, 0.3) is 5.91 Å². The van der Waals surface area contributed by atoms with Gasteiger partial charge in [0.2, 0.25) is 0 Å². The molecule has 0 aliphatic carbocycles. The van der Waals surface area contributed by atoms with Crippen molar-refractivity contribution < 1.29 is 19.1 Å². The number of hydrogen-bond acceptors (Lipinski definition) is 4. The van der Waals surface area contributed by atoms with Crippen LogP contribution in [0.5, 0.6) is 0 Å². The van der Waals surface area contributed by atoms with Gasteiger partial charge in [0, 0.05) is 12.7 Å². The van der Waals surface area contributed by atoms with Crippen molar-refractivity contribution in [3.63, 3.8) is 0 Å². The Morgan fingerprint density at radius 1 is 1.00 bits per heavy atom. The van der Waals surface area contributed by atoms with Crippen molar-refractivity contribution in [3.8, 4) is 11.8 Å². The van der Waals surface area contributed by atoms with Crippen LogP contribution in [0.3, 0.4) is 0 Å². The molecule has 0 saturated carbocycles. The first-order chi connectivity index (χ1) is 12.6. The molecule has 2 aromatic rings. The molecule has 0 fully saturated rings. The predicted molar refractivity (Wildman–Crippen MR) is 98.1 cm³/mol. The largest absolute Gasteiger partial charge is 0.469 e. The third-order valence-electron chi connectivity index (χ3n) is 3.66. The van der Waals surface area contributed by atoms with Crippen LogP contribution in [0.1, 0.15) is 23.7 Å². The lowest BCUT2D eigenvalue weighted by Gasteiger charge is -2.18. The Balaban J connectivity index is 2.16. The zero-order chi connectivity index (χ0) is 18.8. The summed E-state index contributed by atoms with van der Waals surface area (Å²) in [6.07, 6.45) is -0.831. The van der Waals surface area contributed by atoms with Gasteiger partial charge in [-0.05, 0) is 17.7 Å². The minimum atomic E-state index is -0.783. The number of ether oxygens (including phenoxy) is 2. The molecule has 0 aliphatic heterocycles. The average molecular weight is 351 g/mol. The van der Waals surface area contributed by atoms with E-state index in [1.807, 2.05) is 48.5 Å². The standard InChI is InChI=1S/C21H21NO4/c1-25-19(23)15-18(14-13-16-9-5-3-6-10-16)22-21(24)20(26-2)17-11-7-4-8-12-17/h3-12,18,20H,15H2,1-2H3,(H,22,24)/t18?,20-/m1/s1. The van der Waals surface area contributed by atoms with E-state index in [1.165, 1.54) is 14.2 Å². The van der Waals surface area contributed by atoms with E-state index >= 15 is 0 Å². The van der Waals surface area contributed by atoms with Gasteiger partial charge >= 0.3 is 5.97 Å². The number of benzene rings is 2. The summed E-state index contributed by atoms with van der Waals surface area (Å²) in [5, 5.41) is 2.76. The lowest BCUT2D eigenvalue weighted by molar-refractivity contribution is -0.141. The molecular weight excluding hydrogens is 330 g/mol. The molecule has 0 spiro atoms. The predicted octanol–water partition coefficient (Wildman–Crippen LogP) is 2.47. The molecule has 0 heterocycles. The molecule has 1 amide bonds. The Kier molecular flexibility index (Phi) is 7.41. The van der Waals surface area contributed by atoms with E-state index in [2.05, 4.69) is 17.2 Å². The number of amides is 1. The van der Waals surface area contributed by atoms with E-state index in [0.717, 1.165) is 11.1 Å². The Bertz CT molecular complexity index is 778. The molecule has 0 aliphatic rings. The first-order valence-electron chi connectivity index (χ1n) is 8.15. The number of nitrogens with one attached hydrogen (secondary N) is 1. The number of hydrogen-bond donors (Lipinski definition) is 1. The summed E-state index contributed by atoms with van der Waals surface area (Å²) in [6.45, 7) is 0. The fourth-order valence-corrected chi connectivity index (χ4v) is 2.35. The summed E-state index contributed by atoms with van der Waals surface area (Å²) >= 11 is 0. The number of rotatable bonds is 6. The number of carbonyl (C=O) groups excluding carboxylic acids is 2. The van der Waals surface area contributed by atoms with Crippen LogP contribution < -0.4 is 5.32 Å². The van der Waals surface area contributed by atoms with Crippen LogP contribution in [0.15, 0.2) is 60.7 Å². The first-order valence-corrected chi connectivity index (χ1v) is 8.15. The Morgan fingerprint density at radius 3 is 2.19 bits per heavy atom. The highest BCUT2D eigenvalue weighted by atomic mass is 16.5. The zero-order valence-corrected chi connectivity index (χ0v) is 14.8. The lowest BCUT2D eigenvalue weighted by atomic mass is 10.1. The van der Waals surface area contributed by atoms with Crippen molar-refractivity contribution >= 4 is 11.9 Å². The zero-order valence-electron chi connectivity index (χ0n) is 14.8. The lowest BCUT2D eigenvalue weighted by Crippen LogP contribution is -2.39. The number of carbonyl (C=O) groups is 2. The molecule has 26 heavy (non-hydrogen) atoms. The molecule has 2 atom stereocenters. The normalized spacial score (nSPS) is 12.2. The minimum Gasteiger partial charge on any atom is -0.469 e. The van der Waals surface area contributed by atoms with Gasteiger partial charge in [-0.3, -0.25) is 9.59 Å². The molecular formula is C21H21NO4. The topological polar surface area (TPSA) is 64.6 Å². The fraction of sp³-hybridized carbons (Fsp3) is 0.238. The van der Waals surface area contributed by atoms with Crippen LogP contribution in [0, 0.1) is 11.8 Å². The van der Waals surface area contributed by atoms with Gasteiger partial charge in [-0.2, -0.15) is 0 Å². The Labute approximate surface area is 153 Å². The molecule has 5 nitrogen and oxygen atoms in total. The SMILES string of the molecule is COC(=O)CC(C#Cc1ccccc1)NC(=O)[C@H](OC)c1ccccc1. The highest BCUT2D eigenvalue weighted by Gasteiger charge is 2.23. The maximum absolute atomic E-state index is 12.6. The van der Waals surface area contributed by atoms with Gasteiger partial charge in [-0.15, -0.1) is 0 Å². The van der Waals surface area contributed by atoms with Crippen LogP contribution in [-0.2, 0) is 19.1 Å². The van der Waals surface area contributed by atoms with Gasteiger partial charge in [0.15, 0.2) is 6.10 Å². The van der Waals surface area contributed by atoms with Crippen LogP contribution in [0.2, 0.25) is 0 Å². The van der Waals surface area contributed by atoms with Gasteiger partial charge in [0.05, 0.1) is 13.5 Å². The highest BCUT2D eigenvalue weighted by molar-refractivity contribution is 5.83. The second-order valence-corrected chi connectivity index (χ2v) is 5.50. The highest BCUT2D eigenvalue weighted by Crippen LogP contribution is 2.16. The fourth-order valence-electron chi connectivity index (χ4n) is 2.35. The average Bonchev–Trinajstić information content (AvgIpc) is 2.68. The third-order valence-corrected chi connectivity index (χ3v) is 3.66. The van der Waals surface area contributed by atoms with Gasteiger partial charge in [-0.25, -0.2) is 0 Å². The summed E-state index contributed by atoms with van der Waals surface area (Å²) in [4.78, 5) is 24.3. The third kappa shape index (κ3) is 5.76. The second kappa shape index (κ2) is 10.0. The van der Waals surface area contributed by atoms with Crippen LogP contribution in [0.25, 0.3) is 0 Å². The molecule has 2 aromatic carbocycles. The van der Waals surface area contributed by atoms with Crippen molar-refractivity contribution in [1.82, 2.24) is 5.32 Å². The summed E-state index contributed by atoms with van der Waals surface area (Å²) in [6, 6.07) is 17.8. The quantitative estimate of drug-likeness (QED) is 0.641. The molecule has 0 saturated heterocycles. The Morgan fingerprint density at radius 2 is 1.62 bits per heavy atom. The van der Waals surface area contributed by atoms with Crippen molar-refractivity contribution in [2.75, 3.05) is 14.2 Å². The van der Waals surface area contributed by atoms with Gasteiger partial charge < -0.3 is 14.8 Å². The maximum atomic E-state index is 12.6. The molecule has 134 valence electrons. The van der Waals surface area contributed by atoms with E-state index in [9.17, 15) is 9.59 Å². The molecule has 0 radical (unpaired) electrons. The van der Waals surface area contributed by atoms with E-state index in [1.54, 1.807) is 12.1 Å². The summed E-state index contributed by atoms with van der Waals surface area (Å²) in [5.74, 6) is 5.07. The second-order valence-electron chi connectivity index (χ2n) is 5.50. The molecule has 2 rings (SSSR count). The molecule has 5 heteroatoms. The van der Waals surface area contributed by atoms with E-state index in [4.69, 9.17) is 9.47 Å². The molecule has 0 bridgehead atoms. The van der Waals surface area contributed by atoms with E-state index in [0.29, 0.717) is 0 Å². The summed E-state index contributed by atoms with van der Waals surface area (Å²) in [5.41, 5.74) is 1.52. The van der Waals surface area contributed by atoms with Crippen molar-refractivity contribution in [3.05, 3.63) is 71.8 Å². The van der Waals surface area contributed by atoms with Crippen LogP contribution in [-0.4, -0.2) is 32.1 Å². The summed E-state index contributed by atoms with van der Waals surface area (Å²) < 4.78 is 10.0. The van der Waals surface area contributed by atoms with Crippen LogP contribution in [0.4, 0.5) is 0 Å². The summed E-state index contributed by atoms with van der Waals surface area (Å²) in [7, 11) is 2.76. The van der Waals surface area contributed by atoms with Gasteiger partial charge in [-0.1, -0.05) is 60.4 Å². The number of esters is 1. The van der Waals surface area contributed by atoms with Crippen LogP contribution >= 0.6 is 0 Å². The molecule has 1 N–H and O–H groups in total. The van der Waals surface area contributed by atoms with Gasteiger partial charge in [0.1, 0.15) is 6.04 Å². The van der Waals surface area contributed by atoms with E-state index < -0.39 is 18.1 Å². The minimum absolute atomic E-state index is 0.0483.